The highest BCUT2D eigenvalue weighted by molar-refractivity contribution is 7.92. The number of carbonyl (C=O) groups is 1. The van der Waals surface area contributed by atoms with Crippen molar-refractivity contribution in [1.82, 2.24) is 5.32 Å². The first-order valence-electron chi connectivity index (χ1n) is 13.3. The first-order valence-corrected chi connectivity index (χ1v) is 15.2. The Hall–Kier alpha value is -3.32. The van der Waals surface area contributed by atoms with Gasteiger partial charge in [-0.15, -0.1) is 0 Å². The van der Waals surface area contributed by atoms with Crippen LogP contribution in [-0.4, -0.2) is 33.7 Å². The van der Waals surface area contributed by atoms with E-state index in [2.05, 4.69) is 41.4 Å². The van der Waals surface area contributed by atoms with Crippen LogP contribution in [0.5, 0.6) is 0 Å². The van der Waals surface area contributed by atoms with Crippen LogP contribution in [0.15, 0.2) is 66.7 Å². The minimum Gasteiger partial charge on any atom is -0.372 e. The van der Waals surface area contributed by atoms with Gasteiger partial charge in [-0.25, -0.2) is 8.42 Å². The third-order valence-corrected chi connectivity index (χ3v) is 8.59. The number of nitrogens with zero attached hydrogens (tertiary/aromatic N) is 2. The van der Waals surface area contributed by atoms with Crippen LogP contribution in [0.3, 0.4) is 0 Å². The van der Waals surface area contributed by atoms with Gasteiger partial charge < -0.3 is 10.2 Å². The van der Waals surface area contributed by atoms with E-state index in [0.717, 1.165) is 41.3 Å². The Kier molecular flexibility index (Phi) is 8.46. The molecule has 3 aromatic rings. The normalized spacial score (nSPS) is 15.2. The molecule has 1 aliphatic heterocycles. The summed E-state index contributed by atoms with van der Waals surface area (Å²) in [6, 6.07) is 21.3. The molecular formula is C31H39N3O3S. The Morgan fingerprint density at radius 1 is 1.00 bits per heavy atom. The zero-order valence-corrected chi connectivity index (χ0v) is 23.9. The molecule has 3 aromatic carbocycles. The summed E-state index contributed by atoms with van der Waals surface area (Å²) in [6.45, 7) is 10.5. The summed E-state index contributed by atoms with van der Waals surface area (Å²) in [5.41, 5.74) is 6.20. The van der Waals surface area contributed by atoms with Gasteiger partial charge in [0.1, 0.15) is 0 Å². The van der Waals surface area contributed by atoms with Crippen molar-refractivity contribution >= 4 is 27.3 Å². The number of hydrogen-bond acceptors (Lipinski definition) is 4. The van der Waals surface area contributed by atoms with Gasteiger partial charge in [0.2, 0.25) is 10.0 Å². The van der Waals surface area contributed by atoms with E-state index in [0.29, 0.717) is 11.3 Å². The second kappa shape index (κ2) is 11.6. The topological polar surface area (TPSA) is 69.7 Å². The summed E-state index contributed by atoms with van der Waals surface area (Å²) in [7, 11) is -3.49. The minimum absolute atomic E-state index is 0.136. The average molecular weight is 534 g/mol. The lowest BCUT2D eigenvalue weighted by atomic mass is 9.98. The van der Waals surface area contributed by atoms with Crippen molar-refractivity contribution in [2.75, 3.05) is 28.6 Å². The number of aryl methyl sites for hydroxylation is 2. The van der Waals surface area contributed by atoms with Gasteiger partial charge in [-0.1, -0.05) is 43.3 Å². The second-order valence-electron chi connectivity index (χ2n) is 10.7. The fourth-order valence-corrected chi connectivity index (χ4v) is 5.84. The number of benzene rings is 3. The molecule has 0 saturated carbocycles. The first-order chi connectivity index (χ1) is 18.0. The highest BCUT2D eigenvalue weighted by Crippen LogP contribution is 2.27. The van der Waals surface area contributed by atoms with E-state index in [1.807, 2.05) is 51.1 Å². The molecule has 202 valence electrons. The van der Waals surface area contributed by atoms with E-state index < -0.39 is 10.0 Å². The predicted molar refractivity (Wildman–Crippen MR) is 156 cm³/mol. The van der Waals surface area contributed by atoms with Crippen LogP contribution in [0.4, 0.5) is 11.4 Å². The summed E-state index contributed by atoms with van der Waals surface area (Å²) in [6.07, 6.45) is 3.67. The van der Waals surface area contributed by atoms with Crippen LogP contribution < -0.4 is 14.5 Å². The summed E-state index contributed by atoms with van der Waals surface area (Å²) >= 11 is 0. The van der Waals surface area contributed by atoms with Crippen molar-refractivity contribution in [3.63, 3.8) is 0 Å². The number of hydrogen-bond donors (Lipinski definition) is 1. The molecule has 6 nitrogen and oxygen atoms in total. The number of piperidine rings is 1. The molecule has 1 fully saturated rings. The largest absolute Gasteiger partial charge is 0.372 e. The maximum atomic E-state index is 12.9. The van der Waals surface area contributed by atoms with E-state index >= 15 is 0 Å². The van der Waals surface area contributed by atoms with Gasteiger partial charge in [0.25, 0.3) is 5.91 Å². The Morgan fingerprint density at radius 3 is 2.24 bits per heavy atom. The predicted octanol–water partition coefficient (Wildman–Crippen LogP) is 6.00. The van der Waals surface area contributed by atoms with E-state index in [9.17, 15) is 13.2 Å². The number of amides is 1. The minimum atomic E-state index is -3.49. The summed E-state index contributed by atoms with van der Waals surface area (Å²) < 4.78 is 26.6. The van der Waals surface area contributed by atoms with E-state index in [-0.39, 0.29) is 18.5 Å². The number of rotatable bonds is 8. The van der Waals surface area contributed by atoms with Gasteiger partial charge in [-0.2, -0.15) is 0 Å². The molecule has 4 rings (SSSR count). The zero-order valence-electron chi connectivity index (χ0n) is 23.1. The Morgan fingerprint density at radius 2 is 1.63 bits per heavy atom. The highest BCUT2D eigenvalue weighted by atomic mass is 32.2. The van der Waals surface area contributed by atoms with Crippen molar-refractivity contribution in [2.45, 2.75) is 53.1 Å². The summed E-state index contributed by atoms with van der Waals surface area (Å²) in [4.78, 5) is 15.4. The smallest absolute Gasteiger partial charge is 0.251 e. The number of carbonyl (C=O) groups excluding carboxylic acids is 1. The lowest BCUT2D eigenvalue weighted by molar-refractivity contribution is 0.0940. The maximum Gasteiger partial charge on any atom is 0.251 e. The standard InChI is InChI=1S/C31H39N3O3S/c1-22-16-18-33(19-17-22)29-14-12-27(13-15-29)25(4)32-31(35)28-10-8-26(9-11-28)21-34(38(5,36)37)30-20-23(2)6-7-24(30)3/h6-15,20,22,25H,16-19,21H2,1-5H3,(H,32,35)/t25-/m1/s1. The van der Waals surface area contributed by atoms with Crippen molar-refractivity contribution < 1.29 is 13.2 Å². The Bertz CT molecular complexity index is 1360. The molecule has 1 heterocycles. The van der Waals surface area contributed by atoms with E-state index in [4.69, 9.17) is 0 Å². The Labute approximate surface area is 227 Å². The molecule has 1 saturated heterocycles. The average Bonchev–Trinajstić information content (AvgIpc) is 2.89. The van der Waals surface area contributed by atoms with Gasteiger partial charge in [0, 0.05) is 24.3 Å². The molecular weight excluding hydrogens is 494 g/mol. The third kappa shape index (κ3) is 6.76. The third-order valence-electron chi connectivity index (χ3n) is 7.47. The van der Waals surface area contributed by atoms with Gasteiger partial charge in [-0.05, 0) is 92.1 Å². The molecule has 0 bridgehead atoms. The molecule has 0 aromatic heterocycles. The van der Waals surface area contributed by atoms with Crippen LogP contribution in [-0.2, 0) is 16.6 Å². The van der Waals surface area contributed by atoms with Crippen LogP contribution in [0.1, 0.15) is 65.3 Å². The molecule has 0 unspecified atom stereocenters. The zero-order chi connectivity index (χ0) is 27.4. The van der Waals surface area contributed by atoms with Crippen molar-refractivity contribution in [3.05, 3.63) is 94.5 Å². The van der Waals surface area contributed by atoms with Gasteiger partial charge >= 0.3 is 0 Å². The summed E-state index contributed by atoms with van der Waals surface area (Å²) in [5, 5.41) is 3.08. The van der Waals surface area contributed by atoms with Crippen LogP contribution >= 0.6 is 0 Å². The SMILES string of the molecule is Cc1ccc(C)c(N(Cc2ccc(C(=O)N[C@H](C)c3ccc(N4CCC(C)CC4)cc3)cc2)S(C)(=O)=O)c1. The fraction of sp³-hybridized carbons (Fsp3) is 0.387. The number of anilines is 2. The van der Waals surface area contributed by atoms with Crippen molar-refractivity contribution in [1.29, 1.82) is 0 Å². The van der Waals surface area contributed by atoms with Crippen LogP contribution in [0.2, 0.25) is 0 Å². The number of nitrogens with one attached hydrogen (secondary N) is 1. The molecule has 0 spiro atoms. The maximum absolute atomic E-state index is 12.9. The van der Waals surface area contributed by atoms with Crippen molar-refractivity contribution in [3.8, 4) is 0 Å². The lowest BCUT2D eigenvalue weighted by Crippen LogP contribution is -2.32. The molecule has 1 amide bonds. The first kappa shape index (κ1) is 27.7. The van der Waals surface area contributed by atoms with Crippen molar-refractivity contribution in [2.24, 2.45) is 5.92 Å². The highest BCUT2D eigenvalue weighted by Gasteiger charge is 2.21. The molecule has 38 heavy (non-hydrogen) atoms. The summed E-state index contributed by atoms with van der Waals surface area (Å²) in [5.74, 6) is 0.637. The number of sulfonamides is 1. The van der Waals surface area contributed by atoms with Gasteiger partial charge in [0.15, 0.2) is 0 Å². The van der Waals surface area contributed by atoms with Crippen LogP contribution in [0.25, 0.3) is 0 Å². The van der Waals surface area contributed by atoms with Crippen LogP contribution in [0, 0.1) is 19.8 Å². The van der Waals surface area contributed by atoms with E-state index in [1.54, 1.807) is 12.1 Å². The van der Waals surface area contributed by atoms with E-state index in [1.165, 1.54) is 29.1 Å². The molecule has 0 radical (unpaired) electrons. The lowest BCUT2D eigenvalue weighted by Gasteiger charge is -2.32. The quantitative estimate of drug-likeness (QED) is 0.386. The van der Waals surface area contributed by atoms with Gasteiger partial charge in [0.05, 0.1) is 24.5 Å². The molecule has 1 atom stereocenters. The van der Waals surface area contributed by atoms with Gasteiger partial charge in [-0.3, -0.25) is 9.10 Å². The monoisotopic (exact) mass is 533 g/mol. The second-order valence-corrected chi connectivity index (χ2v) is 12.6. The fourth-order valence-electron chi connectivity index (χ4n) is 4.90. The molecule has 1 N–H and O–H groups in total. The Balaban J connectivity index is 1.40. The molecule has 0 aliphatic carbocycles. The molecule has 7 heteroatoms. The molecule has 1 aliphatic rings.